The van der Waals surface area contributed by atoms with E-state index in [-0.39, 0.29) is 5.91 Å². The van der Waals surface area contributed by atoms with Crippen LogP contribution in [-0.2, 0) is 17.8 Å². The number of furan rings is 1. The summed E-state index contributed by atoms with van der Waals surface area (Å²) in [5.41, 5.74) is 8.42. The molecule has 1 heterocycles. The van der Waals surface area contributed by atoms with E-state index in [9.17, 15) is 4.79 Å². The van der Waals surface area contributed by atoms with E-state index < -0.39 is 0 Å². The zero-order chi connectivity index (χ0) is 12.8. The highest BCUT2D eigenvalue weighted by molar-refractivity contribution is 5.76. The minimum absolute atomic E-state index is 0.0352. The zero-order valence-corrected chi connectivity index (χ0v) is 10.1. The third-order valence-electron chi connectivity index (χ3n) is 2.69. The van der Waals surface area contributed by atoms with E-state index in [1.807, 2.05) is 30.3 Å². The summed E-state index contributed by atoms with van der Waals surface area (Å²) in [6.07, 6.45) is 4.41. The van der Waals surface area contributed by atoms with E-state index in [1.54, 1.807) is 12.5 Å². The monoisotopic (exact) mass is 244 g/mol. The van der Waals surface area contributed by atoms with Crippen molar-refractivity contribution >= 4 is 11.6 Å². The maximum Gasteiger partial charge on any atom is 0.220 e. The Morgan fingerprint density at radius 3 is 2.61 bits per heavy atom. The first-order valence-electron chi connectivity index (χ1n) is 5.86. The molecule has 1 amide bonds. The van der Waals surface area contributed by atoms with Crippen LogP contribution in [0.15, 0.2) is 47.3 Å². The van der Waals surface area contributed by atoms with Gasteiger partial charge >= 0.3 is 0 Å². The van der Waals surface area contributed by atoms with Crippen molar-refractivity contribution in [1.29, 1.82) is 0 Å². The predicted octanol–water partition coefficient (Wildman–Crippen LogP) is 2.11. The molecule has 1 aromatic heterocycles. The molecule has 0 aliphatic rings. The molecule has 1 aromatic carbocycles. The van der Waals surface area contributed by atoms with Crippen LogP contribution in [0.25, 0.3) is 0 Å². The van der Waals surface area contributed by atoms with Gasteiger partial charge in [0, 0.05) is 24.2 Å². The number of hydrogen-bond donors (Lipinski definition) is 2. The lowest BCUT2D eigenvalue weighted by molar-refractivity contribution is -0.121. The van der Waals surface area contributed by atoms with Crippen LogP contribution in [0.2, 0.25) is 0 Å². The second kappa shape index (κ2) is 5.91. The minimum atomic E-state index is 0.0352. The third kappa shape index (κ3) is 3.66. The Bertz CT molecular complexity index is 489. The van der Waals surface area contributed by atoms with Gasteiger partial charge in [-0.3, -0.25) is 4.79 Å². The van der Waals surface area contributed by atoms with Gasteiger partial charge in [0.15, 0.2) is 0 Å². The van der Waals surface area contributed by atoms with Crippen molar-refractivity contribution in [3.63, 3.8) is 0 Å². The van der Waals surface area contributed by atoms with Gasteiger partial charge in [0.25, 0.3) is 0 Å². The summed E-state index contributed by atoms with van der Waals surface area (Å²) in [5.74, 6) is 0.0352. The van der Waals surface area contributed by atoms with Crippen molar-refractivity contribution in [2.24, 2.45) is 0 Å². The van der Waals surface area contributed by atoms with E-state index in [4.69, 9.17) is 10.2 Å². The van der Waals surface area contributed by atoms with Crippen molar-refractivity contribution in [2.75, 3.05) is 5.73 Å². The summed E-state index contributed by atoms with van der Waals surface area (Å²) in [7, 11) is 0. The van der Waals surface area contributed by atoms with Crippen LogP contribution in [0.5, 0.6) is 0 Å². The summed E-state index contributed by atoms with van der Waals surface area (Å²) in [6.45, 7) is 0.511. The molecule has 0 saturated heterocycles. The number of benzene rings is 1. The Hall–Kier alpha value is -2.23. The summed E-state index contributed by atoms with van der Waals surface area (Å²) >= 11 is 0. The molecule has 2 rings (SSSR count). The van der Waals surface area contributed by atoms with E-state index in [0.717, 1.165) is 23.2 Å². The maximum atomic E-state index is 11.6. The van der Waals surface area contributed by atoms with Crippen LogP contribution in [0.3, 0.4) is 0 Å². The van der Waals surface area contributed by atoms with Crippen LogP contribution >= 0.6 is 0 Å². The highest BCUT2D eigenvalue weighted by atomic mass is 16.3. The van der Waals surface area contributed by atoms with Crippen molar-refractivity contribution < 1.29 is 9.21 Å². The number of carbonyl (C=O) groups excluding carboxylic acids is 1. The lowest BCUT2D eigenvalue weighted by atomic mass is 10.1. The molecule has 0 aliphatic carbocycles. The van der Waals surface area contributed by atoms with Gasteiger partial charge in [-0.05, 0) is 30.2 Å². The second-order valence-electron chi connectivity index (χ2n) is 4.15. The van der Waals surface area contributed by atoms with Gasteiger partial charge in [-0.25, -0.2) is 0 Å². The van der Waals surface area contributed by atoms with Gasteiger partial charge < -0.3 is 15.5 Å². The van der Waals surface area contributed by atoms with Gasteiger partial charge in [0.05, 0.1) is 12.5 Å². The lowest BCUT2D eigenvalue weighted by Gasteiger charge is -2.04. The van der Waals surface area contributed by atoms with E-state index in [0.29, 0.717) is 13.0 Å². The number of anilines is 1. The van der Waals surface area contributed by atoms with Crippen molar-refractivity contribution in [1.82, 2.24) is 5.32 Å². The van der Waals surface area contributed by atoms with Crippen LogP contribution in [0.1, 0.15) is 17.5 Å². The Morgan fingerprint density at radius 1 is 1.17 bits per heavy atom. The highest BCUT2D eigenvalue weighted by Crippen LogP contribution is 2.07. The van der Waals surface area contributed by atoms with Gasteiger partial charge in [0.1, 0.15) is 0 Å². The molecule has 0 fully saturated rings. The first kappa shape index (κ1) is 12.2. The van der Waals surface area contributed by atoms with Crippen LogP contribution < -0.4 is 11.1 Å². The molecule has 0 atom stereocenters. The number of nitrogen functional groups attached to an aromatic ring is 1. The summed E-state index contributed by atoms with van der Waals surface area (Å²) in [6, 6.07) is 9.41. The highest BCUT2D eigenvalue weighted by Gasteiger charge is 2.02. The molecule has 0 unspecified atom stereocenters. The fraction of sp³-hybridized carbons (Fsp3) is 0.214. The second-order valence-corrected chi connectivity index (χ2v) is 4.15. The molecule has 4 nitrogen and oxygen atoms in total. The number of hydrogen-bond acceptors (Lipinski definition) is 3. The number of aryl methyl sites for hydroxylation is 1. The Morgan fingerprint density at radius 2 is 1.94 bits per heavy atom. The quantitative estimate of drug-likeness (QED) is 0.791. The molecule has 0 saturated carbocycles. The average Bonchev–Trinajstić information content (AvgIpc) is 2.89. The first-order valence-corrected chi connectivity index (χ1v) is 5.86. The third-order valence-corrected chi connectivity index (χ3v) is 2.69. The molecule has 2 aromatic rings. The SMILES string of the molecule is Nc1ccc(CCC(=O)NCc2ccoc2)cc1. The topological polar surface area (TPSA) is 68.3 Å². The average molecular weight is 244 g/mol. The van der Waals surface area contributed by atoms with Crippen molar-refractivity contribution in [3.8, 4) is 0 Å². The molecule has 0 bridgehead atoms. The number of carbonyl (C=O) groups is 1. The number of nitrogens with two attached hydrogens (primary N) is 1. The van der Waals surface area contributed by atoms with Crippen LogP contribution in [0.4, 0.5) is 5.69 Å². The fourth-order valence-electron chi connectivity index (χ4n) is 1.62. The summed E-state index contributed by atoms with van der Waals surface area (Å²) in [5, 5.41) is 2.84. The van der Waals surface area contributed by atoms with Crippen LogP contribution in [-0.4, -0.2) is 5.91 Å². The Labute approximate surface area is 106 Å². The van der Waals surface area contributed by atoms with Gasteiger partial charge in [-0.2, -0.15) is 0 Å². The standard InChI is InChI=1S/C14H16N2O2/c15-13-4-1-11(2-5-13)3-6-14(17)16-9-12-7-8-18-10-12/h1-2,4-5,7-8,10H,3,6,9,15H2,(H,16,17). The summed E-state index contributed by atoms with van der Waals surface area (Å²) in [4.78, 5) is 11.6. The Kier molecular flexibility index (Phi) is 4.02. The molecule has 94 valence electrons. The molecular formula is C14H16N2O2. The van der Waals surface area contributed by atoms with E-state index in [1.165, 1.54) is 0 Å². The fourth-order valence-corrected chi connectivity index (χ4v) is 1.62. The van der Waals surface area contributed by atoms with Crippen LogP contribution in [0, 0.1) is 0 Å². The van der Waals surface area contributed by atoms with E-state index >= 15 is 0 Å². The number of amides is 1. The molecule has 0 spiro atoms. The maximum absolute atomic E-state index is 11.6. The molecular weight excluding hydrogens is 228 g/mol. The largest absolute Gasteiger partial charge is 0.472 e. The smallest absolute Gasteiger partial charge is 0.220 e. The van der Waals surface area contributed by atoms with Crippen molar-refractivity contribution in [3.05, 3.63) is 54.0 Å². The molecule has 18 heavy (non-hydrogen) atoms. The summed E-state index contributed by atoms with van der Waals surface area (Å²) < 4.78 is 4.92. The molecule has 0 radical (unpaired) electrons. The van der Waals surface area contributed by atoms with Crippen molar-refractivity contribution in [2.45, 2.75) is 19.4 Å². The zero-order valence-electron chi connectivity index (χ0n) is 10.1. The van der Waals surface area contributed by atoms with Gasteiger partial charge in [-0.1, -0.05) is 12.1 Å². The van der Waals surface area contributed by atoms with Gasteiger partial charge in [0.2, 0.25) is 5.91 Å². The molecule has 4 heteroatoms. The van der Waals surface area contributed by atoms with Gasteiger partial charge in [-0.15, -0.1) is 0 Å². The molecule has 3 N–H and O–H groups in total. The minimum Gasteiger partial charge on any atom is -0.472 e. The first-order chi connectivity index (χ1) is 8.74. The number of nitrogens with one attached hydrogen (secondary N) is 1. The Balaban J connectivity index is 1.73. The number of rotatable bonds is 5. The van der Waals surface area contributed by atoms with E-state index in [2.05, 4.69) is 5.32 Å². The predicted molar refractivity (Wildman–Crippen MR) is 69.7 cm³/mol. The lowest BCUT2D eigenvalue weighted by Crippen LogP contribution is -2.22. The normalized spacial score (nSPS) is 10.2. The molecule has 0 aliphatic heterocycles.